The Morgan fingerprint density at radius 3 is 2.23 bits per heavy atom. The normalized spacial score (nSPS) is 16.5. The average Bonchev–Trinajstić information content (AvgIpc) is 1.82. The first-order valence-electron chi connectivity index (χ1n) is 3.92. The smallest absolute Gasteiger partial charge is 0.322 e. The highest BCUT2D eigenvalue weighted by Crippen LogP contribution is 2.15. The molecule has 0 aromatic heterocycles. The van der Waals surface area contributed by atoms with E-state index in [4.69, 9.17) is 10.8 Å². The highest BCUT2D eigenvalue weighted by molar-refractivity contribution is 7.92. The highest BCUT2D eigenvalue weighted by Gasteiger charge is 2.33. The van der Waals surface area contributed by atoms with E-state index in [1.807, 2.05) is 0 Å². The average molecular weight is 209 g/mol. The van der Waals surface area contributed by atoms with Crippen LogP contribution < -0.4 is 5.73 Å². The first kappa shape index (κ1) is 12.4. The first-order valence-corrected chi connectivity index (χ1v) is 5.88. The summed E-state index contributed by atoms with van der Waals surface area (Å²) < 4.78 is 22.1. The third kappa shape index (κ3) is 3.73. The van der Waals surface area contributed by atoms with Gasteiger partial charge in [-0.05, 0) is 18.9 Å². The van der Waals surface area contributed by atoms with E-state index >= 15 is 0 Å². The molecule has 3 N–H and O–H groups in total. The molecule has 6 heteroatoms. The predicted molar refractivity (Wildman–Crippen MR) is 49.1 cm³/mol. The molecule has 2 unspecified atom stereocenters. The summed E-state index contributed by atoms with van der Waals surface area (Å²) in [6, 6.07) is 0. The molecule has 78 valence electrons. The maximum Gasteiger partial charge on any atom is 0.322 e. The number of sulfone groups is 1. The molecule has 0 fully saturated rings. The summed E-state index contributed by atoms with van der Waals surface area (Å²) in [6.07, 6.45) is 1.32. The molecular formula is C7H15NO4S. The fourth-order valence-corrected chi connectivity index (χ4v) is 2.61. The van der Waals surface area contributed by atoms with Crippen LogP contribution in [0.5, 0.6) is 0 Å². The van der Waals surface area contributed by atoms with Gasteiger partial charge in [0.1, 0.15) is 0 Å². The van der Waals surface area contributed by atoms with E-state index in [1.165, 1.54) is 0 Å². The van der Waals surface area contributed by atoms with Crippen LogP contribution in [0.4, 0.5) is 0 Å². The second-order valence-corrected chi connectivity index (χ2v) is 5.31. The van der Waals surface area contributed by atoms with Crippen molar-refractivity contribution < 1.29 is 18.3 Å². The standard InChI is InChI=1S/C7H15NO4S/c1-5(3-4-8)6(7(9)10)13(2,11)12/h5-6H,3-4,8H2,1-2H3,(H,9,10). The summed E-state index contributed by atoms with van der Waals surface area (Å²) in [5.41, 5.74) is 5.22. The van der Waals surface area contributed by atoms with Gasteiger partial charge in [-0.1, -0.05) is 6.92 Å². The van der Waals surface area contributed by atoms with Gasteiger partial charge in [0.15, 0.2) is 15.1 Å². The van der Waals surface area contributed by atoms with E-state index in [0.29, 0.717) is 13.0 Å². The molecule has 0 rings (SSSR count). The van der Waals surface area contributed by atoms with Crippen molar-refractivity contribution in [1.82, 2.24) is 0 Å². The Bertz CT molecular complexity index is 272. The molecule has 0 radical (unpaired) electrons. The maximum absolute atomic E-state index is 11.1. The van der Waals surface area contributed by atoms with Crippen LogP contribution in [0, 0.1) is 5.92 Å². The van der Waals surface area contributed by atoms with E-state index in [0.717, 1.165) is 6.26 Å². The second kappa shape index (κ2) is 4.57. The van der Waals surface area contributed by atoms with E-state index in [-0.39, 0.29) is 0 Å². The molecule has 13 heavy (non-hydrogen) atoms. The quantitative estimate of drug-likeness (QED) is 0.634. The Morgan fingerprint density at radius 2 is 2.00 bits per heavy atom. The minimum atomic E-state index is -3.54. The molecule has 0 aliphatic heterocycles. The lowest BCUT2D eigenvalue weighted by atomic mass is 10.0. The van der Waals surface area contributed by atoms with Crippen molar-refractivity contribution in [2.75, 3.05) is 12.8 Å². The molecule has 5 nitrogen and oxygen atoms in total. The Labute approximate surface area is 77.8 Å². The van der Waals surface area contributed by atoms with Crippen molar-refractivity contribution >= 4 is 15.8 Å². The number of carbonyl (C=O) groups is 1. The summed E-state index contributed by atoms with van der Waals surface area (Å²) >= 11 is 0. The Kier molecular flexibility index (Phi) is 4.35. The second-order valence-electron chi connectivity index (χ2n) is 3.14. The third-order valence-corrected chi connectivity index (χ3v) is 3.43. The summed E-state index contributed by atoms with van der Waals surface area (Å²) in [5.74, 6) is -1.75. The number of nitrogens with two attached hydrogens (primary N) is 1. The van der Waals surface area contributed by atoms with Crippen LogP contribution in [0.15, 0.2) is 0 Å². The Hall–Kier alpha value is -0.620. The fourth-order valence-electron chi connectivity index (χ4n) is 1.26. The van der Waals surface area contributed by atoms with Crippen LogP contribution in [0.2, 0.25) is 0 Å². The predicted octanol–water partition coefficient (Wildman–Crippen LogP) is -0.531. The zero-order valence-electron chi connectivity index (χ0n) is 7.73. The number of aliphatic carboxylic acids is 1. The van der Waals surface area contributed by atoms with Crippen LogP contribution in [0.1, 0.15) is 13.3 Å². The topological polar surface area (TPSA) is 97.5 Å². The van der Waals surface area contributed by atoms with Gasteiger partial charge in [0, 0.05) is 6.26 Å². The Morgan fingerprint density at radius 1 is 1.54 bits per heavy atom. The van der Waals surface area contributed by atoms with Crippen molar-refractivity contribution in [3.63, 3.8) is 0 Å². The largest absolute Gasteiger partial charge is 0.480 e. The van der Waals surface area contributed by atoms with Crippen molar-refractivity contribution in [2.24, 2.45) is 11.7 Å². The fraction of sp³-hybridized carbons (Fsp3) is 0.857. The molecule has 0 saturated heterocycles. The molecule has 0 saturated carbocycles. The SMILES string of the molecule is CC(CCN)C(C(=O)O)S(C)(=O)=O. The zero-order chi connectivity index (χ0) is 10.6. The maximum atomic E-state index is 11.1. The summed E-state index contributed by atoms with van der Waals surface area (Å²) in [4.78, 5) is 10.6. The van der Waals surface area contributed by atoms with E-state index in [2.05, 4.69) is 0 Å². The van der Waals surface area contributed by atoms with Gasteiger partial charge in [-0.2, -0.15) is 0 Å². The van der Waals surface area contributed by atoms with Crippen molar-refractivity contribution in [1.29, 1.82) is 0 Å². The molecule has 0 aromatic carbocycles. The van der Waals surface area contributed by atoms with Gasteiger partial charge in [0.05, 0.1) is 0 Å². The zero-order valence-corrected chi connectivity index (χ0v) is 8.54. The highest BCUT2D eigenvalue weighted by atomic mass is 32.2. The summed E-state index contributed by atoms with van der Waals surface area (Å²) in [7, 11) is -3.54. The summed E-state index contributed by atoms with van der Waals surface area (Å²) in [5, 5.41) is 7.35. The van der Waals surface area contributed by atoms with Crippen molar-refractivity contribution in [3.8, 4) is 0 Å². The van der Waals surface area contributed by atoms with Crippen LogP contribution in [-0.4, -0.2) is 37.5 Å². The number of carboxylic acids is 1. The molecule has 0 bridgehead atoms. The van der Waals surface area contributed by atoms with Crippen LogP contribution in [-0.2, 0) is 14.6 Å². The van der Waals surface area contributed by atoms with Crippen molar-refractivity contribution in [3.05, 3.63) is 0 Å². The van der Waals surface area contributed by atoms with Crippen LogP contribution in [0.25, 0.3) is 0 Å². The van der Waals surface area contributed by atoms with Crippen LogP contribution in [0.3, 0.4) is 0 Å². The van der Waals surface area contributed by atoms with E-state index in [9.17, 15) is 13.2 Å². The van der Waals surface area contributed by atoms with E-state index < -0.39 is 27.0 Å². The van der Waals surface area contributed by atoms with Gasteiger partial charge >= 0.3 is 5.97 Å². The third-order valence-electron chi connectivity index (χ3n) is 1.84. The van der Waals surface area contributed by atoms with Crippen LogP contribution >= 0.6 is 0 Å². The van der Waals surface area contributed by atoms with Crippen molar-refractivity contribution in [2.45, 2.75) is 18.6 Å². The minimum absolute atomic E-state index is 0.292. The molecule has 0 aromatic rings. The lowest BCUT2D eigenvalue weighted by Crippen LogP contribution is -2.36. The number of rotatable bonds is 5. The van der Waals surface area contributed by atoms with Gasteiger partial charge in [-0.3, -0.25) is 4.79 Å². The molecule has 0 aliphatic rings. The molecule has 0 aliphatic carbocycles. The minimum Gasteiger partial charge on any atom is -0.480 e. The number of hydrogen-bond donors (Lipinski definition) is 2. The molecule has 0 amide bonds. The van der Waals surface area contributed by atoms with Gasteiger partial charge in [0.2, 0.25) is 0 Å². The lowest BCUT2D eigenvalue weighted by molar-refractivity contribution is -0.137. The monoisotopic (exact) mass is 209 g/mol. The number of carboxylic acid groups (broad SMARTS) is 1. The molecule has 0 heterocycles. The molecule has 0 spiro atoms. The van der Waals surface area contributed by atoms with Gasteiger partial charge in [-0.25, -0.2) is 8.42 Å². The van der Waals surface area contributed by atoms with Gasteiger partial charge < -0.3 is 10.8 Å². The number of hydrogen-bond acceptors (Lipinski definition) is 4. The molecular weight excluding hydrogens is 194 g/mol. The van der Waals surface area contributed by atoms with Gasteiger partial charge in [-0.15, -0.1) is 0 Å². The lowest BCUT2D eigenvalue weighted by Gasteiger charge is -2.17. The van der Waals surface area contributed by atoms with Gasteiger partial charge in [0.25, 0.3) is 0 Å². The van der Waals surface area contributed by atoms with E-state index in [1.54, 1.807) is 6.92 Å². The first-order chi connectivity index (χ1) is 5.80. The summed E-state index contributed by atoms with van der Waals surface area (Å²) in [6.45, 7) is 1.87. The Balaban J connectivity index is 4.73. The molecule has 2 atom stereocenters.